The van der Waals surface area contributed by atoms with E-state index < -0.39 is 17.8 Å². The highest BCUT2D eigenvalue weighted by molar-refractivity contribution is 6.31. The van der Waals surface area contributed by atoms with Crippen LogP contribution < -0.4 is 14.8 Å². The lowest BCUT2D eigenvalue weighted by molar-refractivity contribution is -0.130. The Bertz CT molecular complexity index is 1480. The summed E-state index contributed by atoms with van der Waals surface area (Å²) in [5.74, 6) is 0.394. The van der Waals surface area contributed by atoms with Crippen LogP contribution in [-0.4, -0.2) is 41.0 Å². The summed E-state index contributed by atoms with van der Waals surface area (Å²) in [5.41, 5.74) is 1.54. The second-order valence-corrected chi connectivity index (χ2v) is 8.44. The van der Waals surface area contributed by atoms with Crippen LogP contribution in [0.15, 0.2) is 83.1 Å². The molecule has 1 aliphatic rings. The van der Waals surface area contributed by atoms with Crippen LogP contribution in [0.2, 0.25) is 0 Å². The first kappa shape index (κ1) is 23.9. The lowest BCUT2D eigenvalue weighted by Gasteiger charge is -2.25. The van der Waals surface area contributed by atoms with Crippen LogP contribution in [0.1, 0.15) is 17.7 Å². The molecule has 9 nitrogen and oxygen atoms in total. The van der Waals surface area contributed by atoms with Crippen molar-refractivity contribution >= 4 is 34.8 Å². The molecule has 5 rings (SSSR count). The standard InChI is InChI=1S/C28H25N3O6/c1-35-24-11-4-5-12-25(24)37-15-7-13-30-17-19(21-9-2-3-10-23(21)30)16-22-26(32)29-28(34)31(27(22)33)18-20-8-6-14-36-20/h2-6,8-12,14,16-17H,7,13,15,18H2,1H3,(H,29,32,34)/b22-16-. The smallest absolute Gasteiger partial charge is 0.331 e. The number of urea groups is 1. The Morgan fingerprint density at radius 2 is 1.76 bits per heavy atom. The van der Waals surface area contributed by atoms with Crippen LogP contribution in [0.5, 0.6) is 11.5 Å². The number of furan rings is 1. The first-order chi connectivity index (χ1) is 18.0. The molecule has 188 valence electrons. The summed E-state index contributed by atoms with van der Waals surface area (Å²) in [5, 5.41) is 3.13. The fourth-order valence-electron chi connectivity index (χ4n) is 4.28. The molecule has 3 heterocycles. The highest BCUT2D eigenvalue weighted by atomic mass is 16.5. The van der Waals surface area contributed by atoms with Crippen molar-refractivity contribution in [2.24, 2.45) is 0 Å². The summed E-state index contributed by atoms with van der Waals surface area (Å²) < 4.78 is 18.5. The van der Waals surface area contributed by atoms with Crippen molar-refractivity contribution in [3.8, 4) is 11.5 Å². The molecule has 0 aliphatic carbocycles. The number of nitrogens with one attached hydrogen (secondary N) is 1. The van der Waals surface area contributed by atoms with Gasteiger partial charge in [0.1, 0.15) is 11.3 Å². The quantitative estimate of drug-likeness (QED) is 0.208. The minimum absolute atomic E-state index is 0.0732. The van der Waals surface area contributed by atoms with Gasteiger partial charge in [-0.05, 0) is 42.8 Å². The first-order valence-corrected chi connectivity index (χ1v) is 11.8. The number of aryl methyl sites for hydroxylation is 1. The summed E-state index contributed by atoms with van der Waals surface area (Å²) >= 11 is 0. The number of para-hydroxylation sites is 3. The van der Waals surface area contributed by atoms with Gasteiger partial charge in [-0.25, -0.2) is 4.79 Å². The molecule has 1 N–H and O–H groups in total. The maximum Gasteiger partial charge on any atom is 0.331 e. The Labute approximate surface area is 212 Å². The molecular formula is C28H25N3O6. The molecule has 0 unspecified atom stereocenters. The van der Waals surface area contributed by atoms with Crippen molar-refractivity contribution in [2.45, 2.75) is 19.5 Å². The summed E-state index contributed by atoms with van der Waals surface area (Å²) in [6, 6.07) is 17.8. The number of methoxy groups -OCH3 is 1. The number of hydrogen-bond donors (Lipinski definition) is 1. The molecule has 37 heavy (non-hydrogen) atoms. The fraction of sp³-hybridized carbons (Fsp3) is 0.179. The SMILES string of the molecule is COc1ccccc1OCCCn1cc(/C=C2/C(=O)NC(=O)N(Cc3ccco3)C2=O)c2ccccc21. The van der Waals surface area contributed by atoms with Gasteiger partial charge in [0.15, 0.2) is 11.5 Å². The monoisotopic (exact) mass is 499 g/mol. The number of amides is 4. The maximum atomic E-state index is 13.1. The number of fused-ring (bicyclic) bond motifs is 1. The van der Waals surface area contributed by atoms with Crippen molar-refractivity contribution in [3.05, 3.63) is 90.0 Å². The normalized spacial score (nSPS) is 14.9. The second kappa shape index (κ2) is 10.4. The van der Waals surface area contributed by atoms with Crippen LogP contribution in [0.25, 0.3) is 17.0 Å². The van der Waals surface area contributed by atoms with Gasteiger partial charge in [0.05, 0.1) is 26.5 Å². The molecule has 1 fully saturated rings. The minimum atomic E-state index is -0.777. The second-order valence-electron chi connectivity index (χ2n) is 8.44. The Balaban J connectivity index is 1.36. The number of carbonyl (C=O) groups excluding carboxylic acids is 3. The van der Waals surface area contributed by atoms with Gasteiger partial charge in [0, 0.05) is 29.2 Å². The highest BCUT2D eigenvalue weighted by Gasteiger charge is 2.36. The predicted molar refractivity (Wildman–Crippen MR) is 136 cm³/mol. The van der Waals surface area contributed by atoms with E-state index in [2.05, 4.69) is 9.88 Å². The van der Waals surface area contributed by atoms with Gasteiger partial charge in [-0.1, -0.05) is 30.3 Å². The topological polar surface area (TPSA) is 103 Å². The summed E-state index contributed by atoms with van der Waals surface area (Å²) in [6.07, 6.45) is 5.61. The zero-order valence-corrected chi connectivity index (χ0v) is 20.2. The highest BCUT2D eigenvalue weighted by Crippen LogP contribution is 2.27. The third-order valence-electron chi connectivity index (χ3n) is 6.07. The van der Waals surface area contributed by atoms with Crippen molar-refractivity contribution in [2.75, 3.05) is 13.7 Å². The van der Waals surface area contributed by atoms with Gasteiger partial charge in [0.2, 0.25) is 0 Å². The average Bonchev–Trinajstić information content (AvgIpc) is 3.55. The predicted octanol–water partition coefficient (Wildman–Crippen LogP) is 4.37. The number of imide groups is 2. The molecule has 2 aromatic carbocycles. The number of rotatable bonds is 9. The van der Waals surface area contributed by atoms with E-state index in [9.17, 15) is 14.4 Å². The number of ether oxygens (including phenoxy) is 2. The zero-order chi connectivity index (χ0) is 25.8. The van der Waals surface area contributed by atoms with Crippen molar-refractivity contribution in [1.82, 2.24) is 14.8 Å². The van der Waals surface area contributed by atoms with E-state index in [-0.39, 0.29) is 12.1 Å². The van der Waals surface area contributed by atoms with Gasteiger partial charge in [0.25, 0.3) is 11.8 Å². The molecule has 1 aliphatic heterocycles. The molecule has 0 spiro atoms. The number of benzene rings is 2. The zero-order valence-electron chi connectivity index (χ0n) is 20.2. The summed E-state index contributed by atoms with van der Waals surface area (Å²) in [7, 11) is 1.60. The molecule has 9 heteroatoms. The lowest BCUT2D eigenvalue weighted by atomic mass is 10.1. The largest absolute Gasteiger partial charge is 0.493 e. The number of barbiturate groups is 1. The summed E-state index contributed by atoms with van der Waals surface area (Å²) in [4.78, 5) is 39.0. The van der Waals surface area contributed by atoms with Crippen LogP contribution in [-0.2, 0) is 22.7 Å². The Hall–Kier alpha value is -4.79. The number of hydrogen-bond acceptors (Lipinski definition) is 6. The van der Waals surface area contributed by atoms with Gasteiger partial charge in [-0.2, -0.15) is 0 Å². The van der Waals surface area contributed by atoms with Gasteiger partial charge < -0.3 is 18.5 Å². The molecule has 1 saturated heterocycles. The van der Waals surface area contributed by atoms with Gasteiger partial charge >= 0.3 is 6.03 Å². The van der Waals surface area contributed by atoms with E-state index in [1.165, 1.54) is 12.3 Å². The van der Waals surface area contributed by atoms with Crippen LogP contribution in [0.3, 0.4) is 0 Å². The van der Waals surface area contributed by atoms with E-state index in [1.54, 1.807) is 19.2 Å². The number of nitrogens with zero attached hydrogens (tertiary/aromatic N) is 2. The number of carbonyl (C=O) groups is 3. The lowest BCUT2D eigenvalue weighted by Crippen LogP contribution is -2.53. The Morgan fingerprint density at radius 3 is 2.54 bits per heavy atom. The summed E-state index contributed by atoms with van der Waals surface area (Å²) in [6.45, 7) is 1.06. The molecule has 0 radical (unpaired) electrons. The van der Waals surface area contributed by atoms with Crippen molar-refractivity contribution in [3.63, 3.8) is 0 Å². The van der Waals surface area contributed by atoms with E-state index >= 15 is 0 Å². The number of aromatic nitrogens is 1. The molecule has 4 aromatic rings. The van der Waals surface area contributed by atoms with Crippen LogP contribution in [0.4, 0.5) is 4.79 Å². The van der Waals surface area contributed by atoms with Crippen LogP contribution >= 0.6 is 0 Å². The van der Waals surface area contributed by atoms with Gasteiger partial charge in [-0.15, -0.1) is 0 Å². The molecule has 0 saturated carbocycles. The van der Waals surface area contributed by atoms with E-state index in [0.29, 0.717) is 36.0 Å². The van der Waals surface area contributed by atoms with Crippen LogP contribution in [0, 0.1) is 0 Å². The van der Waals surface area contributed by atoms with E-state index in [4.69, 9.17) is 13.9 Å². The molecule has 2 aromatic heterocycles. The maximum absolute atomic E-state index is 13.1. The minimum Gasteiger partial charge on any atom is -0.493 e. The van der Waals surface area contributed by atoms with E-state index in [0.717, 1.165) is 22.2 Å². The third kappa shape index (κ3) is 4.97. The average molecular weight is 500 g/mol. The Kier molecular flexibility index (Phi) is 6.76. The van der Waals surface area contributed by atoms with Gasteiger partial charge in [-0.3, -0.25) is 19.8 Å². The van der Waals surface area contributed by atoms with Crippen molar-refractivity contribution < 1.29 is 28.3 Å². The fourth-order valence-corrected chi connectivity index (χ4v) is 4.28. The molecule has 0 bridgehead atoms. The van der Waals surface area contributed by atoms with Crippen molar-refractivity contribution in [1.29, 1.82) is 0 Å². The molecular weight excluding hydrogens is 474 g/mol. The van der Waals surface area contributed by atoms with E-state index in [1.807, 2.05) is 54.7 Å². The third-order valence-corrected chi connectivity index (χ3v) is 6.07. The molecule has 0 atom stereocenters. The molecule has 4 amide bonds. The first-order valence-electron chi connectivity index (χ1n) is 11.8. The Morgan fingerprint density at radius 1 is 0.973 bits per heavy atom.